The Hall–Kier alpha value is -2.44. The van der Waals surface area contributed by atoms with Gasteiger partial charge in [0.25, 0.3) is 5.19 Å². The van der Waals surface area contributed by atoms with Gasteiger partial charge < -0.3 is 9.15 Å². The van der Waals surface area contributed by atoms with E-state index in [1.807, 2.05) is 30.3 Å². The molecule has 6 rings (SSSR count). The fraction of sp³-hybridized carbons (Fsp3) is 0.364. The van der Waals surface area contributed by atoms with E-state index in [4.69, 9.17) is 9.15 Å². The second kappa shape index (κ2) is 6.57. The smallest absolute Gasteiger partial charge is 0.281 e. The highest BCUT2D eigenvalue weighted by Crippen LogP contribution is 2.37. The van der Waals surface area contributed by atoms with Crippen LogP contribution in [0, 0.1) is 0 Å². The molecular weight excluding hydrogens is 370 g/mol. The molecule has 142 valence electrons. The Morgan fingerprint density at radius 1 is 1.11 bits per heavy atom. The number of piperidine rings is 1. The largest absolute Gasteiger partial charge is 0.460 e. The quantitative estimate of drug-likeness (QED) is 0.443. The van der Waals surface area contributed by atoms with Crippen LogP contribution in [-0.4, -0.2) is 27.0 Å². The Morgan fingerprint density at radius 3 is 2.86 bits per heavy atom. The summed E-state index contributed by atoms with van der Waals surface area (Å²) in [7, 11) is 0. The van der Waals surface area contributed by atoms with Crippen LogP contribution in [0.2, 0.25) is 0 Å². The Bertz CT molecular complexity index is 1100. The Morgan fingerprint density at radius 2 is 2.00 bits per heavy atom. The number of pyridine rings is 1. The van der Waals surface area contributed by atoms with Crippen LogP contribution >= 0.6 is 11.3 Å². The number of furan rings is 1. The third kappa shape index (κ3) is 2.88. The fourth-order valence-corrected chi connectivity index (χ4v) is 5.57. The first-order valence-corrected chi connectivity index (χ1v) is 10.8. The Kier molecular flexibility index (Phi) is 3.87. The molecule has 2 fully saturated rings. The lowest BCUT2D eigenvalue weighted by atomic mass is 10.0. The van der Waals surface area contributed by atoms with Gasteiger partial charge in [0.15, 0.2) is 5.65 Å². The molecule has 2 aliphatic heterocycles. The zero-order valence-electron chi connectivity index (χ0n) is 15.5. The zero-order chi connectivity index (χ0) is 18.5. The molecule has 6 heteroatoms. The summed E-state index contributed by atoms with van der Waals surface area (Å²) in [6.07, 6.45) is 8.50. The van der Waals surface area contributed by atoms with Crippen molar-refractivity contribution in [2.24, 2.45) is 0 Å². The first kappa shape index (κ1) is 16.5. The highest BCUT2D eigenvalue weighted by atomic mass is 32.1. The van der Waals surface area contributed by atoms with Crippen molar-refractivity contribution in [2.75, 3.05) is 0 Å². The zero-order valence-corrected chi connectivity index (χ0v) is 16.3. The van der Waals surface area contributed by atoms with Crippen molar-refractivity contribution in [3.63, 3.8) is 0 Å². The average Bonchev–Trinajstić information content (AvgIpc) is 3.34. The molecule has 0 saturated carbocycles. The van der Waals surface area contributed by atoms with Gasteiger partial charge in [0.05, 0.1) is 11.2 Å². The lowest BCUT2D eigenvalue weighted by Crippen LogP contribution is -2.38. The normalized spacial score (nSPS) is 22.3. The molecular formula is C22H21N3O2S. The van der Waals surface area contributed by atoms with Crippen LogP contribution in [0.5, 0.6) is 10.9 Å². The van der Waals surface area contributed by atoms with Crippen molar-refractivity contribution < 1.29 is 9.15 Å². The van der Waals surface area contributed by atoms with Gasteiger partial charge in [0.2, 0.25) is 0 Å². The van der Waals surface area contributed by atoms with Gasteiger partial charge in [0.1, 0.15) is 17.1 Å². The second-order valence-electron chi connectivity index (χ2n) is 7.81. The van der Waals surface area contributed by atoms with Gasteiger partial charge in [-0.25, -0.2) is 4.98 Å². The summed E-state index contributed by atoms with van der Waals surface area (Å²) in [4.78, 5) is 11.4. The van der Waals surface area contributed by atoms with Gasteiger partial charge in [-0.1, -0.05) is 17.8 Å². The molecule has 0 radical (unpaired) electrons. The summed E-state index contributed by atoms with van der Waals surface area (Å²) < 4.78 is 13.1. The van der Waals surface area contributed by atoms with E-state index < -0.39 is 0 Å². The molecule has 4 aromatic rings. The van der Waals surface area contributed by atoms with Gasteiger partial charge in [0, 0.05) is 23.7 Å². The van der Waals surface area contributed by atoms with E-state index in [1.54, 1.807) is 6.20 Å². The van der Waals surface area contributed by atoms with Crippen LogP contribution in [0.4, 0.5) is 0 Å². The van der Waals surface area contributed by atoms with Crippen LogP contribution in [0.25, 0.3) is 21.3 Å². The maximum Gasteiger partial charge on any atom is 0.281 e. The molecule has 0 unspecified atom stereocenters. The third-order valence-corrected chi connectivity index (χ3v) is 6.96. The number of aromatic nitrogens is 2. The van der Waals surface area contributed by atoms with Crippen molar-refractivity contribution in [3.05, 3.63) is 48.4 Å². The average molecular weight is 391 g/mol. The summed E-state index contributed by atoms with van der Waals surface area (Å²) in [5.41, 5.74) is 1.64. The monoisotopic (exact) mass is 391 g/mol. The number of thiazole rings is 1. The van der Waals surface area contributed by atoms with Crippen LogP contribution in [0.1, 0.15) is 37.9 Å². The van der Waals surface area contributed by atoms with Crippen LogP contribution in [-0.2, 0) is 6.54 Å². The summed E-state index contributed by atoms with van der Waals surface area (Å²) in [5.74, 6) is 1.83. The molecule has 5 heterocycles. The number of hydrogen-bond acceptors (Lipinski definition) is 6. The second-order valence-corrected chi connectivity index (χ2v) is 8.80. The molecule has 0 N–H and O–H groups in total. The van der Waals surface area contributed by atoms with Gasteiger partial charge in [-0.15, -0.1) is 0 Å². The van der Waals surface area contributed by atoms with E-state index in [0.717, 1.165) is 51.5 Å². The maximum atomic E-state index is 6.13. The van der Waals surface area contributed by atoms with E-state index in [1.165, 1.54) is 43.4 Å². The fourth-order valence-electron chi connectivity index (χ4n) is 4.77. The van der Waals surface area contributed by atoms with Crippen molar-refractivity contribution in [2.45, 2.75) is 50.7 Å². The Balaban J connectivity index is 1.24. The van der Waals surface area contributed by atoms with Crippen molar-refractivity contribution in [3.8, 4) is 10.9 Å². The predicted octanol–water partition coefficient (Wildman–Crippen LogP) is 5.75. The number of rotatable bonds is 4. The van der Waals surface area contributed by atoms with Gasteiger partial charge >= 0.3 is 0 Å². The number of nitrogens with zero attached hydrogens (tertiary/aromatic N) is 3. The topological polar surface area (TPSA) is 51.4 Å². The maximum absolute atomic E-state index is 6.13. The minimum atomic E-state index is 0.613. The molecule has 28 heavy (non-hydrogen) atoms. The standard InChI is InChI=1S/C22H21N3O2S/c1-3-15-6-7-16(4-1)25(15)13-18-12-14-11-17(8-9-19(14)26-18)27-22-24-21-20(28-22)5-2-10-23-21/h2,5,8-12,15-16H,1,3-4,6-7,13H2/t15-,16+. The van der Waals surface area contributed by atoms with Crippen molar-refractivity contribution in [1.29, 1.82) is 0 Å². The molecule has 2 saturated heterocycles. The van der Waals surface area contributed by atoms with E-state index in [0.29, 0.717) is 5.19 Å². The third-order valence-electron chi connectivity index (χ3n) is 6.07. The minimum absolute atomic E-state index is 0.613. The van der Waals surface area contributed by atoms with E-state index in [2.05, 4.69) is 20.9 Å². The summed E-state index contributed by atoms with van der Waals surface area (Å²) in [5, 5.41) is 1.69. The van der Waals surface area contributed by atoms with E-state index in [9.17, 15) is 0 Å². The number of fused-ring (bicyclic) bond motifs is 4. The van der Waals surface area contributed by atoms with E-state index >= 15 is 0 Å². The highest BCUT2D eigenvalue weighted by Gasteiger charge is 2.36. The predicted molar refractivity (Wildman–Crippen MR) is 110 cm³/mol. The molecule has 0 aliphatic carbocycles. The molecule has 2 aliphatic rings. The highest BCUT2D eigenvalue weighted by molar-refractivity contribution is 7.20. The van der Waals surface area contributed by atoms with Crippen molar-refractivity contribution >= 4 is 32.7 Å². The summed E-state index contributed by atoms with van der Waals surface area (Å²) in [6.45, 7) is 0.920. The lowest BCUT2D eigenvalue weighted by molar-refractivity contribution is 0.123. The lowest BCUT2D eigenvalue weighted by Gasteiger charge is -2.33. The summed E-state index contributed by atoms with van der Waals surface area (Å²) >= 11 is 1.51. The molecule has 2 bridgehead atoms. The van der Waals surface area contributed by atoms with Crippen LogP contribution in [0.3, 0.4) is 0 Å². The number of ether oxygens (including phenoxy) is 1. The molecule has 3 aromatic heterocycles. The van der Waals surface area contributed by atoms with Gasteiger partial charge in [-0.05, 0) is 62.1 Å². The van der Waals surface area contributed by atoms with Crippen LogP contribution in [0.15, 0.2) is 47.0 Å². The minimum Gasteiger partial charge on any atom is -0.460 e. The molecule has 0 amide bonds. The molecule has 1 aromatic carbocycles. The Labute approximate surface area is 167 Å². The first-order chi connectivity index (χ1) is 13.8. The molecule has 0 spiro atoms. The van der Waals surface area contributed by atoms with Gasteiger partial charge in [-0.2, -0.15) is 4.98 Å². The molecule has 2 atom stereocenters. The first-order valence-electron chi connectivity index (χ1n) is 9.99. The SMILES string of the molecule is c1cnc2nc(Oc3ccc4oc(CN5[C@@H]6CCC[C@H]5CC6)cc4c3)sc2c1. The van der Waals surface area contributed by atoms with Crippen molar-refractivity contribution in [1.82, 2.24) is 14.9 Å². The van der Waals surface area contributed by atoms with E-state index in [-0.39, 0.29) is 0 Å². The van der Waals surface area contributed by atoms with Gasteiger partial charge in [-0.3, -0.25) is 4.90 Å². The molecule has 5 nitrogen and oxygen atoms in total. The van der Waals surface area contributed by atoms with Crippen LogP contribution < -0.4 is 4.74 Å². The summed E-state index contributed by atoms with van der Waals surface area (Å²) in [6, 6.07) is 13.5. The number of benzene rings is 1. The number of hydrogen-bond donors (Lipinski definition) is 0.